The molecule has 1 saturated carbocycles. The molecule has 11 atom stereocenters. The Morgan fingerprint density at radius 1 is 1.19 bits per heavy atom. The topological polar surface area (TPSA) is 161 Å². The number of thioether (sulfide) groups is 1. The lowest BCUT2D eigenvalue weighted by Crippen LogP contribution is -2.60. The molecule has 0 aromatic carbocycles. The fraction of sp³-hybridized carbons (Fsp3) is 0.800. The number of aliphatic hydroxyl groups is 4. The van der Waals surface area contributed by atoms with Crippen molar-refractivity contribution in [3.63, 3.8) is 0 Å². The van der Waals surface area contributed by atoms with Crippen molar-refractivity contribution in [1.29, 1.82) is 0 Å². The molecule has 2 aliphatic heterocycles. The van der Waals surface area contributed by atoms with Crippen molar-refractivity contribution in [1.82, 2.24) is 0 Å². The van der Waals surface area contributed by atoms with Gasteiger partial charge in [0.1, 0.15) is 37.1 Å². The predicted octanol–water partition coefficient (Wildman–Crippen LogP) is -1.20. The number of aliphatic hydroxyl groups excluding tert-OH is 4. The standard InChI is InChI=1S/C20H28O11S/c1-27-8-4-10(30-19-17(24)16(23)15(22)11(5-21)31-19)12-7(6-28-20(26)32-2)3-9-13(12)14(8)18(25)29-9/h3,8-17,19,21-24H,4-6H2,1-2H3. The highest BCUT2D eigenvalue weighted by Crippen LogP contribution is 2.53. The number of rotatable bonds is 6. The van der Waals surface area contributed by atoms with Crippen LogP contribution in [0.4, 0.5) is 4.79 Å². The van der Waals surface area contributed by atoms with Gasteiger partial charge in [-0.25, -0.2) is 4.79 Å². The molecule has 0 aromatic heterocycles. The largest absolute Gasteiger partial charge is 0.457 e. The third kappa shape index (κ3) is 4.07. The van der Waals surface area contributed by atoms with Crippen molar-refractivity contribution in [3.8, 4) is 0 Å². The number of methoxy groups -OCH3 is 1. The Kier molecular flexibility index (Phi) is 7.13. The van der Waals surface area contributed by atoms with E-state index in [1.807, 2.05) is 0 Å². The molecule has 4 rings (SSSR count). The van der Waals surface area contributed by atoms with Crippen LogP contribution in [-0.2, 0) is 28.5 Å². The van der Waals surface area contributed by atoms with Crippen LogP contribution in [0, 0.1) is 17.8 Å². The van der Waals surface area contributed by atoms with Gasteiger partial charge in [-0.2, -0.15) is 0 Å². The minimum atomic E-state index is -1.58. The van der Waals surface area contributed by atoms with E-state index in [0.29, 0.717) is 0 Å². The van der Waals surface area contributed by atoms with Crippen LogP contribution < -0.4 is 0 Å². The average molecular weight is 477 g/mol. The smallest absolute Gasteiger partial charge is 0.367 e. The summed E-state index contributed by atoms with van der Waals surface area (Å²) in [6.07, 6.45) is -5.13. The Hall–Kier alpha value is -1.25. The summed E-state index contributed by atoms with van der Waals surface area (Å²) >= 11 is 0.937. The molecule has 3 fully saturated rings. The minimum Gasteiger partial charge on any atom is -0.457 e. The molecule has 2 saturated heterocycles. The molecule has 2 aliphatic carbocycles. The Balaban J connectivity index is 1.58. The summed E-state index contributed by atoms with van der Waals surface area (Å²) in [5.74, 6) is -1.57. The summed E-state index contributed by atoms with van der Waals surface area (Å²) in [6, 6.07) is 0. The molecule has 0 bridgehead atoms. The molecule has 0 aromatic rings. The summed E-state index contributed by atoms with van der Waals surface area (Å²) in [5, 5.41) is 39.5. The fourth-order valence-corrected chi connectivity index (χ4v) is 5.46. The van der Waals surface area contributed by atoms with Crippen molar-refractivity contribution >= 4 is 23.0 Å². The highest BCUT2D eigenvalue weighted by Gasteiger charge is 2.61. The summed E-state index contributed by atoms with van der Waals surface area (Å²) in [4.78, 5) is 24.1. The first-order valence-corrected chi connectivity index (χ1v) is 11.6. The van der Waals surface area contributed by atoms with E-state index in [9.17, 15) is 30.0 Å². The summed E-state index contributed by atoms with van der Waals surface area (Å²) in [6.45, 7) is -0.585. The van der Waals surface area contributed by atoms with E-state index in [4.69, 9.17) is 23.7 Å². The Morgan fingerprint density at radius 2 is 1.94 bits per heavy atom. The number of hydrogen-bond donors (Lipinski definition) is 4. The van der Waals surface area contributed by atoms with Crippen molar-refractivity contribution in [2.75, 3.05) is 26.6 Å². The molecule has 0 amide bonds. The number of ether oxygens (including phenoxy) is 5. The molecular formula is C20H28O11S. The highest BCUT2D eigenvalue weighted by atomic mass is 32.2. The van der Waals surface area contributed by atoms with Crippen LogP contribution in [0.25, 0.3) is 0 Å². The van der Waals surface area contributed by atoms with Crippen molar-refractivity contribution in [2.45, 2.75) is 55.4 Å². The monoisotopic (exact) mass is 476 g/mol. The van der Waals surface area contributed by atoms with E-state index >= 15 is 0 Å². The van der Waals surface area contributed by atoms with Crippen LogP contribution in [0.5, 0.6) is 0 Å². The molecule has 0 spiro atoms. The van der Waals surface area contributed by atoms with Gasteiger partial charge in [-0.05, 0) is 29.7 Å². The van der Waals surface area contributed by atoms with E-state index in [1.165, 1.54) is 7.11 Å². The lowest BCUT2D eigenvalue weighted by Gasteiger charge is -2.45. The lowest BCUT2D eigenvalue weighted by atomic mass is 9.69. The van der Waals surface area contributed by atoms with Gasteiger partial charge in [-0.15, -0.1) is 0 Å². The van der Waals surface area contributed by atoms with E-state index in [-0.39, 0.29) is 30.8 Å². The summed E-state index contributed by atoms with van der Waals surface area (Å²) < 4.78 is 28.0. The molecule has 11 nitrogen and oxygen atoms in total. The molecule has 4 aliphatic rings. The molecule has 0 radical (unpaired) electrons. The fourth-order valence-electron chi connectivity index (χ4n) is 5.28. The maximum absolute atomic E-state index is 12.5. The molecule has 2 heterocycles. The van der Waals surface area contributed by atoms with Crippen LogP contribution in [0.15, 0.2) is 11.6 Å². The SMILES string of the molecule is COC1CC(OC2OC(CO)C(O)C(O)C2O)C2C(COC(=O)SC)=CC3OC(=O)C1C32. The third-order valence-electron chi connectivity index (χ3n) is 6.79. The number of esters is 1. The van der Waals surface area contributed by atoms with Crippen molar-refractivity contribution in [3.05, 3.63) is 11.6 Å². The summed E-state index contributed by atoms with van der Waals surface area (Å²) in [7, 11) is 1.49. The highest BCUT2D eigenvalue weighted by molar-refractivity contribution is 8.12. The second-order valence-electron chi connectivity index (χ2n) is 8.40. The van der Waals surface area contributed by atoms with Crippen LogP contribution in [-0.4, -0.2) is 107 Å². The molecule has 180 valence electrons. The predicted molar refractivity (Wildman–Crippen MR) is 107 cm³/mol. The van der Waals surface area contributed by atoms with Crippen LogP contribution >= 0.6 is 11.8 Å². The van der Waals surface area contributed by atoms with E-state index in [1.54, 1.807) is 12.3 Å². The first-order chi connectivity index (χ1) is 15.3. The second kappa shape index (κ2) is 9.55. The Labute approximate surface area is 188 Å². The number of hydrogen-bond acceptors (Lipinski definition) is 12. The van der Waals surface area contributed by atoms with Gasteiger partial charge in [0.05, 0.1) is 24.7 Å². The van der Waals surface area contributed by atoms with Gasteiger partial charge in [0.25, 0.3) is 0 Å². The molecule has 4 N–H and O–H groups in total. The van der Waals surface area contributed by atoms with Crippen LogP contribution in [0.2, 0.25) is 0 Å². The van der Waals surface area contributed by atoms with Crippen molar-refractivity contribution in [2.24, 2.45) is 17.8 Å². The van der Waals surface area contributed by atoms with Gasteiger partial charge >= 0.3 is 11.3 Å². The van der Waals surface area contributed by atoms with E-state index < -0.39 is 66.8 Å². The third-order valence-corrected chi connectivity index (χ3v) is 7.24. The van der Waals surface area contributed by atoms with E-state index in [2.05, 4.69) is 0 Å². The maximum Gasteiger partial charge on any atom is 0.367 e. The number of carbonyl (C=O) groups excluding carboxylic acids is 2. The van der Waals surface area contributed by atoms with Gasteiger partial charge in [0.15, 0.2) is 6.29 Å². The first-order valence-electron chi connectivity index (χ1n) is 10.4. The number of carbonyl (C=O) groups is 2. The zero-order valence-electron chi connectivity index (χ0n) is 17.6. The Bertz CT molecular complexity index is 758. The second-order valence-corrected chi connectivity index (χ2v) is 9.14. The van der Waals surface area contributed by atoms with Gasteiger partial charge < -0.3 is 44.1 Å². The van der Waals surface area contributed by atoms with Gasteiger partial charge in [-0.1, -0.05) is 0 Å². The quantitative estimate of drug-likeness (QED) is 0.268. The van der Waals surface area contributed by atoms with Crippen molar-refractivity contribution < 1.29 is 53.7 Å². The molecular weight excluding hydrogens is 448 g/mol. The normalized spacial score (nSPS) is 45.2. The average Bonchev–Trinajstić information content (AvgIpc) is 3.31. The molecule has 32 heavy (non-hydrogen) atoms. The zero-order chi connectivity index (χ0) is 23.2. The van der Waals surface area contributed by atoms with Gasteiger partial charge in [0.2, 0.25) is 0 Å². The minimum absolute atomic E-state index is 0.00615. The lowest BCUT2D eigenvalue weighted by molar-refractivity contribution is -0.319. The van der Waals surface area contributed by atoms with Crippen LogP contribution in [0.1, 0.15) is 6.42 Å². The zero-order valence-corrected chi connectivity index (χ0v) is 18.4. The van der Waals surface area contributed by atoms with Gasteiger partial charge in [0, 0.05) is 25.4 Å². The van der Waals surface area contributed by atoms with Gasteiger partial charge in [-0.3, -0.25) is 4.79 Å². The maximum atomic E-state index is 12.5. The first kappa shape index (κ1) is 23.9. The molecule has 11 unspecified atom stereocenters. The molecule has 12 heteroatoms. The summed E-state index contributed by atoms with van der Waals surface area (Å²) in [5.41, 5.74) is 0.726. The Morgan fingerprint density at radius 3 is 2.59 bits per heavy atom. The van der Waals surface area contributed by atoms with Crippen LogP contribution in [0.3, 0.4) is 0 Å². The van der Waals surface area contributed by atoms with E-state index in [0.717, 1.165) is 17.3 Å².